The number of aromatic amines is 1. The number of nitrogens with one attached hydrogen (secondary N) is 1. The summed E-state index contributed by atoms with van der Waals surface area (Å²) in [4.78, 5) is 17.3. The van der Waals surface area contributed by atoms with Gasteiger partial charge in [-0.15, -0.1) is 0 Å². The van der Waals surface area contributed by atoms with Crippen molar-refractivity contribution in [3.05, 3.63) is 40.6 Å². The minimum atomic E-state index is -0.359. The number of carbonyl (C=O) groups excluding carboxylic acids is 1. The lowest BCUT2D eigenvalue weighted by atomic mass is 10.1. The van der Waals surface area contributed by atoms with Crippen molar-refractivity contribution < 1.29 is 14.3 Å². The van der Waals surface area contributed by atoms with Crippen molar-refractivity contribution in [2.75, 3.05) is 38.3 Å². The molecule has 2 aromatic rings. The second-order valence-electron chi connectivity index (χ2n) is 5.03. The molecule has 1 fully saturated rings. The molecule has 0 saturated carbocycles. The number of aromatic nitrogens is 1. The van der Waals surface area contributed by atoms with Crippen LogP contribution in [0.25, 0.3) is 11.1 Å². The van der Waals surface area contributed by atoms with Gasteiger partial charge in [-0.25, -0.2) is 4.79 Å². The highest BCUT2D eigenvalue weighted by molar-refractivity contribution is 9.10. The smallest absolute Gasteiger partial charge is 0.356 e. The Balaban J connectivity index is 2.09. The first-order chi connectivity index (χ1) is 10.7. The zero-order valence-corrected chi connectivity index (χ0v) is 13.9. The number of anilines is 1. The Morgan fingerprint density at radius 2 is 2.14 bits per heavy atom. The highest BCUT2D eigenvalue weighted by Crippen LogP contribution is 2.36. The lowest BCUT2D eigenvalue weighted by Crippen LogP contribution is -2.37. The van der Waals surface area contributed by atoms with Crippen molar-refractivity contribution >= 4 is 27.6 Å². The Kier molecular flexibility index (Phi) is 4.49. The fourth-order valence-electron chi connectivity index (χ4n) is 2.66. The van der Waals surface area contributed by atoms with Gasteiger partial charge in [0.25, 0.3) is 0 Å². The van der Waals surface area contributed by atoms with E-state index < -0.39 is 0 Å². The van der Waals surface area contributed by atoms with E-state index in [0.29, 0.717) is 18.9 Å². The van der Waals surface area contributed by atoms with Gasteiger partial charge in [0.1, 0.15) is 5.69 Å². The summed E-state index contributed by atoms with van der Waals surface area (Å²) in [5, 5.41) is 0. The SMILES string of the molecule is COC(=O)c1[nH]cc(-c2cccc(Br)c2)c1N1CCOCC1. The van der Waals surface area contributed by atoms with Gasteiger partial charge in [-0.2, -0.15) is 0 Å². The van der Waals surface area contributed by atoms with Crippen LogP contribution in [-0.4, -0.2) is 44.4 Å². The lowest BCUT2D eigenvalue weighted by molar-refractivity contribution is 0.0594. The first-order valence-corrected chi connectivity index (χ1v) is 7.88. The number of rotatable bonds is 3. The third-order valence-corrected chi connectivity index (χ3v) is 4.20. The van der Waals surface area contributed by atoms with Gasteiger partial charge < -0.3 is 19.4 Å². The Bertz CT molecular complexity index is 678. The lowest BCUT2D eigenvalue weighted by Gasteiger charge is -2.30. The number of ether oxygens (including phenoxy) is 2. The number of esters is 1. The molecule has 1 aliphatic heterocycles. The molecular weight excluding hydrogens is 348 g/mol. The maximum absolute atomic E-state index is 12.1. The number of morpholine rings is 1. The number of nitrogens with zero attached hydrogens (tertiary/aromatic N) is 1. The highest BCUT2D eigenvalue weighted by Gasteiger charge is 2.25. The van der Waals surface area contributed by atoms with Gasteiger partial charge in [0.2, 0.25) is 0 Å². The Morgan fingerprint density at radius 3 is 2.82 bits per heavy atom. The van der Waals surface area contributed by atoms with Crippen LogP contribution >= 0.6 is 15.9 Å². The molecule has 0 amide bonds. The molecule has 6 heteroatoms. The van der Waals surface area contributed by atoms with Gasteiger partial charge >= 0.3 is 5.97 Å². The van der Waals surface area contributed by atoms with Gasteiger partial charge in [0.05, 0.1) is 26.0 Å². The van der Waals surface area contributed by atoms with Crippen LogP contribution in [0, 0.1) is 0 Å². The van der Waals surface area contributed by atoms with Crippen molar-refractivity contribution in [3.8, 4) is 11.1 Å². The number of benzene rings is 1. The average molecular weight is 365 g/mol. The van der Waals surface area contributed by atoms with Crippen molar-refractivity contribution in [1.29, 1.82) is 0 Å². The summed E-state index contributed by atoms with van der Waals surface area (Å²) in [6, 6.07) is 8.02. The summed E-state index contributed by atoms with van der Waals surface area (Å²) in [7, 11) is 1.39. The first kappa shape index (κ1) is 15.1. The normalized spacial score (nSPS) is 14.9. The molecule has 1 aromatic heterocycles. The summed E-state index contributed by atoms with van der Waals surface area (Å²) in [5.41, 5.74) is 3.40. The zero-order chi connectivity index (χ0) is 15.5. The summed E-state index contributed by atoms with van der Waals surface area (Å²) in [5.74, 6) is -0.359. The molecular formula is C16H17BrN2O3. The standard InChI is InChI=1S/C16H17BrN2O3/c1-21-16(20)14-15(19-5-7-22-8-6-19)13(10-18-14)11-3-2-4-12(17)9-11/h2-4,9-10,18H,5-8H2,1H3. The topological polar surface area (TPSA) is 54.6 Å². The molecule has 0 radical (unpaired) electrons. The van der Waals surface area contributed by atoms with E-state index in [-0.39, 0.29) is 5.97 Å². The van der Waals surface area contributed by atoms with Crippen molar-refractivity contribution in [2.45, 2.75) is 0 Å². The number of halogens is 1. The van der Waals surface area contributed by atoms with Crippen LogP contribution in [0.3, 0.4) is 0 Å². The van der Waals surface area contributed by atoms with E-state index in [9.17, 15) is 4.79 Å². The molecule has 0 spiro atoms. The number of hydrogen-bond donors (Lipinski definition) is 1. The van der Waals surface area contributed by atoms with Gasteiger partial charge in [0, 0.05) is 29.3 Å². The Hall–Kier alpha value is -1.79. The minimum Gasteiger partial charge on any atom is -0.464 e. The average Bonchev–Trinajstić information content (AvgIpc) is 3.00. The Morgan fingerprint density at radius 1 is 1.36 bits per heavy atom. The van der Waals surface area contributed by atoms with Crippen molar-refractivity contribution in [2.24, 2.45) is 0 Å². The molecule has 1 N–H and O–H groups in total. The van der Waals surface area contributed by atoms with Gasteiger partial charge in [-0.1, -0.05) is 28.1 Å². The third kappa shape index (κ3) is 2.89. The van der Waals surface area contributed by atoms with E-state index in [1.165, 1.54) is 7.11 Å². The predicted molar refractivity (Wildman–Crippen MR) is 88.3 cm³/mol. The van der Waals surface area contributed by atoms with Gasteiger partial charge in [-0.05, 0) is 17.7 Å². The number of carbonyl (C=O) groups is 1. The largest absolute Gasteiger partial charge is 0.464 e. The third-order valence-electron chi connectivity index (χ3n) is 3.71. The molecule has 0 aliphatic carbocycles. The molecule has 2 heterocycles. The summed E-state index contributed by atoms with van der Waals surface area (Å²) >= 11 is 3.49. The van der Waals surface area contributed by atoms with Crippen molar-refractivity contribution in [1.82, 2.24) is 4.98 Å². The van der Waals surface area contributed by atoms with E-state index in [1.54, 1.807) is 0 Å². The molecule has 22 heavy (non-hydrogen) atoms. The fraction of sp³-hybridized carbons (Fsp3) is 0.312. The van der Waals surface area contributed by atoms with Crippen LogP contribution in [0.15, 0.2) is 34.9 Å². The van der Waals surface area contributed by atoms with Crippen LogP contribution in [0.5, 0.6) is 0 Å². The van der Waals surface area contributed by atoms with E-state index in [4.69, 9.17) is 9.47 Å². The molecule has 5 nitrogen and oxygen atoms in total. The monoisotopic (exact) mass is 364 g/mol. The fourth-order valence-corrected chi connectivity index (χ4v) is 3.06. The number of H-pyrrole nitrogens is 1. The van der Waals surface area contributed by atoms with Crippen LogP contribution in [-0.2, 0) is 9.47 Å². The van der Waals surface area contributed by atoms with E-state index in [1.807, 2.05) is 30.5 Å². The van der Waals surface area contributed by atoms with Gasteiger partial charge in [-0.3, -0.25) is 0 Å². The predicted octanol–water partition coefficient (Wildman–Crippen LogP) is 3.07. The minimum absolute atomic E-state index is 0.359. The van der Waals surface area contributed by atoms with E-state index >= 15 is 0 Å². The van der Waals surface area contributed by atoms with Crippen LogP contribution in [0.4, 0.5) is 5.69 Å². The van der Waals surface area contributed by atoms with Crippen LogP contribution in [0.1, 0.15) is 10.5 Å². The summed E-state index contributed by atoms with van der Waals surface area (Å²) < 4.78 is 11.3. The van der Waals surface area contributed by atoms with Crippen LogP contribution in [0.2, 0.25) is 0 Å². The summed E-state index contributed by atoms with van der Waals surface area (Å²) in [6.07, 6.45) is 1.86. The quantitative estimate of drug-likeness (QED) is 0.850. The maximum Gasteiger partial charge on any atom is 0.356 e. The molecule has 1 aromatic carbocycles. The molecule has 1 aliphatic rings. The summed E-state index contributed by atoms with van der Waals surface area (Å²) in [6.45, 7) is 2.82. The second-order valence-corrected chi connectivity index (χ2v) is 5.94. The molecule has 3 rings (SSSR count). The number of methoxy groups -OCH3 is 1. The number of hydrogen-bond acceptors (Lipinski definition) is 4. The molecule has 116 valence electrons. The second kappa shape index (κ2) is 6.54. The van der Waals surface area contributed by atoms with E-state index in [2.05, 4.69) is 25.8 Å². The molecule has 0 unspecified atom stereocenters. The van der Waals surface area contributed by atoms with Gasteiger partial charge in [0.15, 0.2) is 0 Å². The maximum atomic E-state index is 12.1. The van der Waals surface area contributed by atoms with E-state index in [0.717, 1.165) is 34.4 Å². The molecule has 0 atom stereocenters. The first-order valence-electron chi connectivity index (χ1n) is 7.09. The molecule has 0 bridgehead atoms. The van der Waals surface area contributed by atoms with Crippen molar-refractivity contribution in [3.63, 3.8) is 0 Å². The zero-order valence-electron chi connectivity index (χ0n) is 12.3. The molecule has 1 saturated heterocycles. The van der Waals surface area contributed by atoms with Crippen LogP contribution < -0.4 is 4.90 Å². The Labute approximate surface area is 137 Å². The highest BCUT2D eigenvalue weighted by atomic mass is 79.9.